The normalized spacial score (nSPS) is 12.7. The Kier molecular flexibility index (Phi) is 4.30. The monoisotopic (exact) mass is 362 g/mol. The molecule has 6 heteroatoms. The van der Waals surface area contributed by atoms with Gasteiger partial charge in [0.2, 0.25) is 6.79 Å². The van der Waals surface area contributed by atoms with Crippen LogP contribution in [-0.4, -0.2) is 18.9 Å². The maximum Gasteiger partial charge on any atom is 0.231 e. The first-order valence-electron chi connectivity index (χ1n) is 7.88. The van der Waals surface area contributed by atoms with Crippen molar-refractivity contribution in [2.45, 2.75) is 0 Å². The van der Waals surface area contributed by atoms with Crippen LogP contribution in [0.25, 0.3) is 22.9 Å². The molecule has 1 aliphatic rings. The first kappa shape index (κ1) is 16.2. The van der Waals surface area contributed by atoms with Crippen molar-refractivity contribution in [1.82, 2.24) is 4.98 Å². The topological polar surface area (TPSA) is 64.4 Å². The number of fused-ring (bicyclic) bond motifs is 1. The predicted octanol–water partition coefficient (Wildman–Crippen LogP) is 4.61. The highest BCUT2D eigenvalue weighted by atomic mass is 32.1. The fourth-order valence-corrected chi connectivity index (χ4v) is 3.42. The standard InChI is InChI=1S/C20H14N2O3S/c1-23-16-4-2-3-14(9-16)17-11-26-20(22-17)15(10-21)7-13-5-6-18-19(8-13)25-12-24-18/h2-9,11H,12H2,1H3/b15-7-. The van der Waals surface area contributed by atoms with Crippen LogP contribution in [0.1, 0.15) is 10.6 Å². The molecule has 4 rings (SSSR count). The third-order valence-electron chi connectivity index (χ3n) is 3.93. The fraction of sp³-hybridized carbons (Fsp3) is 0.100. The lowest BCUT2D eigenvalue weighted by atomic mass is 10.1. The number of hydrogen-bond donors (Lipinski definition) is 0. The Morgan fingerprint density at radius 3 is 2.96 bits per heavy atom. The van der Waals surface area contributed by atoms with Gasteiger partial charge in [0.25, 0.3) is 0 Å². The van der Waals surface area contributed by atoms with Gasteiger partial charge in [0.1, 0.15) is 16.8 Å². The van der Waals surface area contributed by atoms with Crippen molar-refractivity contribution in [3.8, 4) is 34.6 Å². The Morgan fingerprint density at radius 1 is 1.23 bits per heavy atom. The van der Waals surface area contributed by atoms with Crippen molar-refractivity contribution in [3.63, 3.8) is 0 Å². The zero-order valence-electron chi connectivity index (χ0n) is 13.9. The lowest BCUT2D eigenvalue weighted by Crippen LogP contribution is -1.92. The molecule has 0 unspecified atom stereocenters. The Morgan fingerprint density at radius 2 is 2.12 bits per heavy atom. The van der Waals surface area contributed by atoms with Crippen LogP contribution in [0.5, 0.6) is 17.2 Å². The third kappa shape index (κ3) is 3.13. The number of thiazole rings is 1. The van der Waals surface area contributed by atoms with Crippen LogP contribution < -0.4 is 14.2 Å². The highest BCUT2D eigenvalue weighted by Gasteiger charge is 2.14. The van der Waals surface area contributed by atoms with Crippen molar-refractivity contribution < 1.29 is 14.2 Å². The van der Waals surface area contributed by atoms with E-state index in [-0.39, 0.29) is 6.79 Å². The van der Waals surface area contributed by atoms with E-state index in [2.05, 4.69) is 11.1 Å². The second-order valence-electron chi connectivity index (χ2n) is 5.55. The predicted molar refractivity (Wildman–Crippen MR) is 100 cm³/mol. The van der Waals surface area contributed by atoms with Gasteiger partial charge in [0.15, 0.2) is 11.5 Å². The maximum absolute atomic E-state index is 9.57. The van der Waals surface area contributed by atoms with E-state index in [1.807, 2.05) is 47.8 Å². The van der Waals surface area contributed by atoms with E-state index >= 15 is 0 Å². The minimum atomic E-state index is 0.226. The molecular formula is C20H14N2O3S. The first-order valence-corrected chi connectivity index (χ1v) is 8.76. The molecule has 128 valence electrons. The summed E-state index contributed by atoms with van der Waals surface area (Å²) in [6, 6.07) is 15.5. The molecular weight excluding hydrogens is 348 g/mol. The molecule has 0 spiro atoms. The zero-order valence-corrected chi connectivity index (χ0v) is 14.7. The molecule has 0 amide bonds. The number of allylic oxidation sites excluding steroid dienone is 1. The largest absolute Gasteiger partial charge is 0.497 e. The average Bonchev–Trinajstić information content (AvgIpc) is 3.35. The number of nitrogens with zero attached hydrogens (tertiary/aromatic N) is 2. The van der Waals surface area contributed by atoms with Gasteiger partial charge >= 0.3 is 0 Å². The molecule has 0 aliphatic carbocycles. The van der Waals surface area contributed by atoms with E-state index in [4.69, 9.17) is 14.2 Å². The quantitative estimate of drug-likeness (QED) is 0.634. The van der Waals surface area contributed by atoms with Crippen LogP contribution in [0.2, 0.25) is 0 Å². The van der Waals surface area contributed by atoms with Gasteiger partial charge in [-0.3, -0.25) is 0 Å². The van der Waals surface area contributed by atoms with Crippen molar-refractivity contribution in [3.05, 3.63) is 58.4 Å². The van der Waals surface area contributed by atoms with Crippen LogP contribution >= 0.6 is 11.3 Å². The molecule has 1 aliphatic heterocycles. The third-order valence-corrected chi connectivity index (χ3v) is 4.80. The summed E-state index contributed by atoms with van der Waals surface area (Å²) >= 11 is 1.44. The number of methoxy groups -OCH3 is 1. The van der Waals surface area contributed by atoms with Gasteiger partial charge in [-0.15, -0.1) is 11.3 Å². The van der Waals surface area contributed by atoms with Gasteiger partial charge in [0, 0.05) is 10.9 Å². The van der Waals surface area contributed by atoms with Crippen LogP contribution in [0.4, 0.5) is 0 Å². The number of hydrogen-bond acceptors (Lipinski definition) is 6. The van der Waals surface area contributed by atoms with E-state index in [0.29, 0.717) is 16.3 Å². The number of rotatable bonds is 4. The number of aromatic nitrogens is 1. The summed E-state index contributed by atoms with van der Waals surface area (Å²) in [6.07, 6.45) is 1.80. The average molecular weight is 362 g/mol. The minimum absolute atomic E-state index is 0.226. The van der Waals surface area contributed by atoms with Gasteiger partial charge in [-0.2, -0.15) is 5.26 Å². The van der Waals surface area contributed by atoms with Gasteiger partial charge < -0.3 is 14.2 Å². The highest BCUT2D eigenvalue weighted by molar-refractivity contribution is 7.11. The van der Waals surface area contributed by atoms with Crippen molar-refractivity contribution in [1.29, 1.82) is 5.26 Å². The lowest BCUT2D eigenvalue weighted by molar-refractivity contribution is 0.174. The molecule has 26 heavy (non-hydrogen) atoms. The molecule has 5 nitrogen and oxygen atoms in total. The van der Waals surface area contributed by atoms with Crippen LogP contribution in [0.15, 0.2) is 47.8 Å². The molecule has 0 saturated carbocycles. The summed E-state index contributed by atoms with van der Waals surface area (Å²) in [6.45, 7) is 0.226. The molecule has 0 radical (unpaired) electrons. The molecule has 1 aromatic heterocycles. The summed E-state index contributed by atoms with van der Waals surface area (Å²) in [4.78, 5) is 4.61. The van der Waals surface area contributed by atoms with Crippen molar-refractivity contribution in [2.24, 2.45) is 0 Å². The minimum Gasteiger partial charge on any atom is -0.497 e. The van der Waals surface area contributed by atoms with Gasteiger partial charge in [-0.1, -0.05) is 18.2 Å². The Balaban J connectivity index is 1.65. The Hall–Kier alpha value is -3.30. The molecule has 0 fully saturated rings. The van der Waals surface area contributed by atoms with Crippen LogP contribution in [0.3, 0.4) is 0 Å². The Bertz CT molecular complexity index is 1030. The van der Waals surface area contributed by atoms with E-state index < -0.39 is 0 Å². The van der Waals surface area contributed by atoms with E-state index in [9.17, 15) is 5.26 Å². The molecule has 0 bridgehead atoms. The molecule has 0 N–H and O–H groups in total. The smallest absolute Gasteiger partial charge is 0.231 e. The second kappa shape index (κ2) is 6.90. The fourth-order valence-electron chi connectivity index (χ4n) is 2.62. The lowest BCUT2D eigenvalue weighted by Gasteiger charge is -2.01. The summed E-state index contributed by atoms with van der Waals surface area (Å²) in [5.74, 6) is 2.18. The van der Waals surface area contributed by atoms with Crippen LogP contribution in [-0.2, 0) is 0 Å². The highest BCUT2D eigenvalue weighted by Crippen LogP contribution is 2.34. The maximum atomic E-state index is 9.57. The van der Waals surface area contributed by atoms with E-state index in [0.717, 1.165) is 28.3 Å². The molecule has 2 aromatic carbocycles. The summed E-state index contributed by atoms with van der Waals surface area (Å²) < 4.78 is 16.0. The molecule has 0 saturated heterocycles. The van der Waals surface area contributed by atoms with Crippen molar-refractivity contribution >= 4 is 23.0 Å². The summed E-state index contributed by atoms with van der Waals surface area (Å²) in [7, 11) is 1.63. The zero-order chi connectivity index (χ0) is 17.9. The molecule has 0 atom stereocenters. The van der Waals surface area contributed by atoms with Crippen LogP contribution in [0, 0.1) is 11.3 Å². The first-order chi connectivity index (χ1) is 12.8. The summed E-state index contributed by atoms with van der Waals surface area (Å²) in [5, 5.41) is 12.2. The Labute approximate surface area is 154 Å². The van der Waals surface area contributed by atoms with E-state index in [1.54, 1.807) is 13.2 Å². The van der Waals surface area contributed by atoms with Crippen molar-refractivity contribution in [2.75, 3.05) is 13.9 Å². The van der Waals surface area contributed by atoms with E-state index in [1.165, 1.54) is 11.3 Å². The SMILES string of the molecule is COc1cccc(-c2csc(/C(C#N)=C\c3ccc4c(c3)OCO4)n2)c1. The van der Waals surface area contributed by atoms with Gasteiger partial charge in [-0.25, -0.2) is 4.98 Å². The second-order valence-corrected chi connectivity index (χ2v) is 6.41. The number of benzene rings is 2. The number of nitriles is 1. The van der Waals surface area contributed by atoms with Gasteiger partial charge in [0.05, 0.1) is 18.4 Å². The number of ether oxygens (including phenoxy) is 3. The molecule has 3 aromatic rings. The summed E-state index contributed by atoms with van der Waals surface area (Å²) in [5.41, 5.74) is 3.13. The van der Waals surface area contributed by atoms with Gasteiger partial charge in [-0.05, 0) is 35.9 Å². The molecule has 2 heterocycles.